The highest BCUT2D eigenvalue weighted by molar-refractivity contribution is 7.88. The number of carbonyl (C=O) groups is 2. The van der Waals surface area contributed by atoms with E-state index >= 15 is 0 Å². The third kappa shape index (κ3) is 4.71. The molecular formula is C18H24N4O6S2. The first kappa shape index (κ1) is 22.4. The normalized spacial score (nSPS) is 16.0. The molecule has 0 bridgehead atoms. The second kappa shape index (κ2) is 8.82. The van der Waals surface area contributed by atoms with Crippen LogP contribution in [0.4, 0.5) is 5.82 Å². The minimum absolute atomic E-state index is 0.156. The number of carbonyl (C=O) groups excluding carboxylic acids is 2. The van der Waals surface area contributed by atoms with E-state index in [4.69, 9.17) is 15.2 Å². The molecule has 0 amide bonds. The fourth-order valence-electron chi connectivity index (χ4n) is 3.35. The average Bonchev–Trinajstić information content (AvgIpc) is 3.03. The van der Waals surface area contributed by atoms with E-state index < -0.39 is 22.0 Å². The highest BCUT2D eigenvalue weighted by Gasteiger charge is 2.30. The van der Waals surface area contributed by atoms with Crippen LogP contribution in [0.15, 0.2) is 0 Å². The van der Waals surface area contributed by atoms with Gasteiger partial charge in [-0.25, -0.2) is 27.5 Å². The lowest BCUT2D eigenvalue weighted by Gasteiger charge is -2.28. The standard InChI is InChI=1S/C18H24N4O6S2/c1-4-27-18(24)14-10(2)13-15(19)20-12(21-16(13)29-14)9-28-17(23)11-5-7-22(8-6-11)30(3,25)26/h11H,4-9H2,1-3H3,(H2,19,20,21). The van der Waals surface area contributed by atoms with Gasteiger partial charge in [0.2, 0.25) is 10.0 Å². The molecule has 0 saturated carbocycles. The van der Waals surface area contributed by atoms with Crippen LogP contribution in [0, 0.1) is 12.8 Å². The molecule has 30 heavy (non-hydrogen) atoms. The number of piperidine rings is 1. The molecule has 2 aromatic heterocycles. The molecule has 1 fully saturated rings. The Kier molecular flexibility index (Phi) is 6.58. The number of nitrogens with zero attached hydrogens (tertiary/aromatic N) is 3. The van der Waals surface area contributed by atoms with Crippen LogP contribution in [0.25, 0.3) is 10.2 Å². The van der Waals surface area contributed by atoms with Crippen LogP contribution in [0.1, 0.15) is 40.8 Å². The monoisotopic (exact) mass is 456 g/mol. The van der Waals surface area contributed by atoms with Crippen molar-refractivity contribution in [2.75, 3.05) is 31.7 Å². The number of ether oxygens (including phenoxy) is 2. The van der Waals surface area contributed by atoms with E-state index in [-0.39, 0.29) is 30.8 Å². The summed E-state index contributed by atoms with van der Waals surface area (Å²) >= 11 is 1.16. The quantitative estimate of drug-likeness (QED) is 0.639. The van der Waals surface area contributed by atoms with Crippen LogP contribution in [-0.2, 0) is 30.9 Å². The van der Waals surface area contributed by atoms with Gasteiger partial charge in [-0.15, -0.1) is 11.3 Å². The zero-order valence-electron chi connectivity index (χ0n) is 17.0. The van der Waals surface area contributed by atoms with Crippen molar-refractivity contribution in [3.8, 4) is 0 Å². The number of aromatic nitrogens is 2. The van der Waals surface area contributed by atoms with Crippen LogP contribution in [-0.4, -0.2) is 60.6 Å². The van der Waals surface area contributed by atoms with Crippen molar-refractivity contribution in [3.05, 3.63) is 16.3 Å². The van der Waals surface area contributed by atoms with Crippen molar-refractivity contribution in [2.24, 2.45) is 5.92 Å². The van der Waals surface area contributed by atoms with Gasteiger partial charge in [0.05, 0.1) is 24.2 Å². The highest BCUT2D eigenvalue weighted by atomic mass is 32.2. The fraction of sp³-hybridized carbons (Fsp3) is 0.556. The van der Waals surface area contributed by atoms with Gasteiger partial charge in [-0.1, -0.05) is 0 Å². The van der Waals surface area contributed by atoms with Crippen LogP contribution < -0.4 is 5.73 Å². The molecule has 164 valence electrons. The number of rotatable bonds is 6. The van der Waals surface area contributed by atoms with E-state index in [0.29, 0.717) is 46.6 Å². The molecule has 0 aromatic carbocycles. The van der Waals surface area contributed by atoms with Crippen LogP contribution in [0.2, 0.25) is 0 Å². The number of nitrogens with two attached hydrogens (primary N) is 1. The molecule has 3 rings (SSSR count). The molecule has 3 heterocycles. The van der Waals surface area contributed by atoms with Crippen molar-refractivity contribution in [3.63, 3.8) is 0 Å². The highest BCUT2D eigenvalue weighted by Crippen LogP contribution is 2.33. The molecule has 0 spiro atoms. The maximum Gasteiger partial charge on any atom is 0.348 e. The molecule has 0 unspecified atom stereocenters. The number of anilines is 1. The number of thiophene rings is 1. The summed E-state index contributed by atoms with van der Waals surface area (Å²) in [6.07, 6.45) is 1.96. The number of hydrogen-bond acceptors (Lipinski definition) is 10. The van der Waals surface area contributed by atoms with Gasteiger partial charge in [0.25, 0.3) is 0 Å². The van der Waals surface area contributed by atoms with Crippen molar-refractivity contribution in [2.45, 2.75) is 33.3 Å². The smallest absolute Gasteiger partial charge is 0.348 e. The zero-order valence-corrected chi connectivity index (χ0v) is 18.6. The lowest BCUT2D eigenvalue weighted by atomic mass is 9.98. The summed E-state index contributed by atoms with van der Waals surface area (Å²) in [5.74, 6) is -0.787. The first-order valence-electron chi connectivity index (χ1n) is 9.46. The molecular weight excluding hydrogens is 432 g/mol. The first-order valence-corrected chi connectivity index (χ1v) is 12.1. The summed E-state index contributed by atoms with van der Waals surface area (Å²) in [7, 11) is -3.25. The Bertz CT molecular complexity index is 1070. The molecule has 1 aliphatic rings. The van der Waals surface area contributed by atoms with Crippen molar-refractivity contribution >= 4 is 49.3 Å². The zero-order chi connectivity index (χ0) is 22.1. The predicted octanol–water partition coefficient (Wildman–Crippen LogP) is 1.47. The van der Waals surface area contributed by atoms with Gasteiger partial charge in [0.1, 0.15) is 15.5 Å². The molecule has 0 atom stereocenters. The van der Waals surface area contributed by atoms with Gasteiger partial charge < -0.3 is 15.2 Å². The third-order valence-corrected chi connectivity index (χ3v) is 7.39. The largest absolute Gasteiger partial charge is 0.462 e. The van der Waals surface area contributed by atoms with Gasteiger partial charge >= 0.3 is 11.9 Å². The molecule has 1 saturated heterocycles. The lowest BCUT2D eigenvalue weighted by molar-refractivity contribution is -0.151. The van der Waals surface area contributed by atoms with Gasteiger partial charge in [0.15, 0.2) is 12.4 Å². The van der Waals surface area contributed by atoms with E-state index in [1.54, 1.807) is 13.8 Å². The predicted molar refractivity (Wildman–Crippen MR) is 111 cm³/mol. The first-order chi connectivity index (χ1) is 14.1. The maximum absolute atomic E-state index is 12.4. The van der Waals surface area contributed by atoms with Crippen LogP contribution >= 0.6 is 11.3 Å². The summed E-state index contributed by atoms with van der Waals surface area (Å²) < 4.78 is 34.9. The van der Waals surface area contributed by atoms with E-state index in [0.717, 1.165) is 17.6 Å². The Balaban J connectivity index is 1.68. The third-order valence-electron chi connectivity index (χ3n) is 4.93. The SMILES string of the molecule is CCOC(=O)c1sc2nc(COC(=O)C3CCN(S(C)(=O)=O)CC3)nc(N)c2c1C. The second-order valence-corrected chi connectivity index (χ2v) is 10.0. The van der Waals surface area contributed by atoms with Crippen molar-refractivity contribution in [1.29, 1.82) is 0 Å². The van der Waals surface area contributed by atoms with Gasteiger partial charge in [-0.3, -0.25) is 4.79 Å². The van der Waals surface area contributed by atoms with E-state index in [1.165, 1.54) is 4.31 Å². The number of esters is 2. The summed E-state index contributed by atoms with van der Waals surface area (Å²) in [4.78, 5) is 34.0. The topological polar surface area (TPSA) is 142 Å². The van der Waals surface area contributed by atoms with E-state index in [2.05, 4.69) is 9.97 Å². The van der Waals surface area contributed by atoms with Gasteiger partial charge in [0, 0.05) is 13.1 Å². The van der Waals surface area contributed by atoms with E-state index in [9.17, 15) is 18.0 Å². The van der Waals surface area contributed by atoms with Gasteiger partial charge in [-0.2, -0.15) is 0 Å². The minimum atomic E-state index is -3.25. The maximum atomic E-state index is 12.4. The average molecular weight is 457 g/mol. The summed E-state index contributed by atoms with van der Waals surface area (Å²) in [6, 6.07) is 0. The Morgan fingerprint density at radius 3 is 2.50 bits per heavy atom. The number of nitrogen functional groups attached to an aromatic ring is 1. The number of sulfonamides is 1. The molecule has 12 heteroatoms. The molecule has 10 nitrogen and oxygen atoms in total. The van der Waals surface area contributed by atoms with Crippen molar-refractivity contribution < 1.29 is 27.5 Å². The minimum Gasteiger partial charge on any atom is -0.462 e. The Labute approximate surface area is 178 Å². The summed E-state index contributed by atoms with van der Waals surface area (Å²) in [6.45, 7) is 4.17. The molecule has 2 N–H and O–H groups in total. The summed E-state index contributed by atoms with van der Waals surface area (Å²) in [5.41, 5.74) is 6.71. The lowest BCUT2D eigenvalue weighted by Crippen LogP contribution is -2.40. The van der Waals surface area contributed by atoms with Crippen LogP contribution in [0.5, 0.6) is 0 Å². The van der Waals surface area contributed by atoms with Crippen molar-refractivity contribution in [1.82, 2.24) is 14.3 Å². The molecule has 0 radical (unpaired) electrons. The second-order valence-electron chi connectivity index (χ2n) is 7.03. The number of fused-ring (bicyclic) bond motifs is 1. The van der Waals surface area contributed by atoms with E-state index in [1.807, 2.05) is 0 Å². The van der Waals surface area contributed by atoms with Gasteiger partial charge in [-0.05, 0) is 32.3 Å². The Hall–Kier alpha value is -2.31. The molecule has 1 aliphatic heterocycles. The Morgan fingerprint density at radius 2 is 1.90 bits per heavy atom. The molecule has 0 aliphatic carbocycles. The van der Waals surface area contributed by atoms with Crippen LogP contribution in [0.3, 0.4) is 0 Å². The number of aryl methyl sites for hydroxylation is 1. The summed E-state index contributed by atoms with van der Waals surface area (Å²) in [5, 5.41) is 0.589. The Morgan fingerprint density at radius 1 is 1.23 bits per heavy atom. The fourth-order valence-corrected chi connectivity index (χ4v) is 5.32. The number of hydrogen-bond donors (Lipinski definition) is 1. The molecule has 2 aromatic rings.